The van der Waals surface area contributed by atoms with Crippen LogP contribution in [0, 0.1) is 11.3 Å². The molecule has 4 aromatic carbocycles. The fraction of sp³-hybridized carbons (Fsp3) is 0.304. The molecular formula is C46H49N3O2. The second-order valence-corrected chi connectivity index (χ2v) is 13.7. The third kappa shape index (κ3) is 8.52. The summed E-state index contributed by atoms with van der Waals surface area (Å²) in [5, 5.41) is 18.6. The van der Waals surface area contributed by atoms with E-state index in [9.17, 15) is 15.2 Å². The topological polar surface area (TPSA) is 67.6 Å². The molecule has 0 radical (unpaired) electrons. The van der Waals surface area contributed by atoms with E-state index < -0.39 is 5.97 Å². The number of hydrogen-bond donors (Lipinski definition) is 1. The molecule has 1 N–H and O–H groups in total. The minimum Gasteiger partial charge on any atom is -0.477 e. The van der Waals surface area contributed by atoms with Crippen molar-refractivity contribution in [2.24, 2.45) is 0 Å². The van der Waals surface area contributed by atoms with Crippen molar-refractivity contribution in [1.29, 1.82) is 5.26 Å². The molecule has 6 rings (SSSR count). The Kier molecular flexibility index (Phi) is 11.9. The van der Waals surface area contributed by atoms with E-state index in [0.29, 0.717) is 0 Å². The van der Waals surface area contributed by atoms with Gasteiger partial charge in [0.1, 0.15) is 11.6 Å². The molecule has 2 aliphatic rings. The van der Waals surface area contributed by atoms with Crippen molar-refractivity contribution in [2.45, 2.75) is 78.1 Å². The normalized spacial score (nSPS) is 14.2. The molecule has 0 aliphatic carbocycles. The van der Waals surface area contributed by atoms with E-state index in [2.05, 4.69) is 109 Å². The quantitative estimate of drug-likeness (QED) is 0.0868. The lowest BCUT2D eigenvalue weighted by atomic mass is 9.90. The maximum Gasteiger partial charge on any atom is 0.346 e. The highest BCUT2D eigenvalue weighted by molar-refractivity contribution is 5.91. The smallest absolute Gasteiger partial charge is 0.346 e. The van der Waals surface area contributed by atoms with Crippen molar-refractivity contribution in [1.82, 2.24) is 0 Å². The number of rotatable bonds is 13. The molecule has 5 nitrogen and oxygen atoms in total. The highest BCUT2D eigenvalue weighted by Gasteiger charge is 2.22. The number of unbranched alkanes of at least 4 members (excludes halogenated alkanes) is 2. The highest BCUT2D eigenvalue weighted by atomic mass is 16.4. The third-order valence-corrected chi connectivity index (χ3v) is 10.1. The Morgan fingerprint density at radius 3 is 1.61 bits per heavy atom. The summed E-state index contributed by atoms with van der Waals surface area (Å²) in [6.07, 6.45) is 18.1. The molecule has 0 spiro atoms. The molecule has 2 heterocycles. The number of carboxylic acid groups (broad SMARTS) is 1. The second kappa shape index (κ2) is 17.1. The molecular weight excluding hydrogens is 627 g/mol. The van der Waals surface area contributed by atoms with Gasteiger partial charge in [-0.25, -0.2) is 4.79 Å². The summed E-state index contributed by atoms with van der Waals surface area (Å²) in [5.74, 6) is -1.23. The SMILES string of the molecule is CCCCc1ccc(N2CCCc3cc(C(=C/C=C/C=C(\C#N)C(=O)O)c4ccc5c(c4)CCCN5c4ccc(CCCC)cc4)ccc32)cc1. The van der Waals surface area contributed by atoms with Crippen LogP contribution in [0.5, 0.6) is 0 Å². The summed E-state index contributed by atoms with van der Waals surface area (Å²) < 4.78 is 0. The molecule has 0 aromatic heterocycles. The van der Waals surface area contributed by atoms with Gasteiger partial charge in [0.05, 0.1) is 0 Å². The summed E-state index contributed by atoms with van der Waals surface area (Å²) in [5.41, 5.74) is 13.4. The number of aliphatic carboxylic acids is 1. The molecule has 0 amide bonds. The number of nitriles is 1. The number of allylic oxidation sites excluding steroid dienone is 4. The van der Waals surface area contributed by atoms with E-state index in [1.54, 1.807) is 12.1 Å². The van der Waals surface area contributed by atoms with Crippen molar-refractivity contribution >= 4 is 34.3 Å². The zero-order valence-electron chi connectivity index (χ0n) is 30.1. The van der Waals surface area contributed by atoms with Gasteiger partial charge in [0, 0.05) is 35.8 Å². The largest absolute Gasteiger partial charge is 0.477 e. The van der Waals surface area contributed by atoms with Crippen LogP contribution >= 0.6 is 0 Å². The molecule has 0 atom stereocenters. The van der Waals surface area contributed by atoms with E-state index >= 15 is 0 Å². The molecule has 0 saturated heterocycles. The van der Waals surface area contributed by atoms with Crippen molar-refractivity contribution < 1.29 is 9.90 Å². The van der Waals surface area contributed by atoms with Gasteiger partial charge in [-0.05, 0) is 145 Å². The number of fused-ring (bicyclic) bond motifs is 2. The summed E-state index contributed by atoms with van der Waals surface area (Å²) >= 11 is 0. The fourth-order valence-electron chi connectivity index (χ4n) is 7.33. The molecule has 0 fully saturated rings. The van der Waals surface area contributed by atoms with Gasteiger partial charge in [-0.15, -0.1) is 0 Å². The number of benzene rings is 4. The zero-order chi connectivity index (χ0) is 35.6. The van der Waals surface area contributed by atoms with Gasteiger partial charge in [-0.2, -0.15) is 5.26 Å². The Hall–Kier alpha value is -5.34. The van der Waals surface area contributed by atoms with Gasteiger partial charge in [-0.3, -0.25) is 0 Å². The van der Waals surface area contributed by atoms with Gasteiger partial charge in [0.2, 0.25) is 0 Å². The van der Waals surface area contributed by atoms with Gasteiger partial charge in [0.15, 0.2) is 0 Å². The monoisotopic (exact) mass is 675 g/mol. The van der Waals surface area contributed by atoms with Crippen molar-refractivity contribution in [3.8, 4) is 6.07 Å². The predicted octanol–water partition coefficient (Wildman–Crippen LogP) is 11.1. The number of nitrogens with zero attached hydrogens (tertiary/aromatic N) is 3. The van der Waals surface area contributed by atoms with Crippen LogP contribution in [0.15, 0.2) is 115 Å². The Morgan fingerprint density at radius 2 is 1.18 bits per heavy atom. The first kappa shape index (κ1) is 35.5. The second-order valence-electron chi connectivity index (χ2n) is 13.7. The van der Waals surface area contributed by atoms with E-state index in [-0.39, 0.29) is 5.57 Å². The van der Waals surface area contributed by atoms with E-state index in [4.69, 9.17) is 0 Å². The summed E-state index contributed by atoms with van der Waals surface area (Å²) in [6.45, 7) is 6.46. The van der Waals surface area contributed by atoms with Gasteiger partial charge < -0.3 is 14.9 Å². The van der Waals surface area contributed by atoms with Crippen LogP contribution in [0.1, 0.15) is 85.8 Å². The minimum absolute atomic E-state index is 0.291. The lowest BCUT2D eigenvalue weighted by molar-refractivity contribution is -0.132. The predicted molar refractivity (Wildman–Crippen MR) is 211 cm³/mol. The van der Waals surface area contributed by atoms with Crippen LogP contribution < -0.4 is 9.80 Å². The summed E-state index contributed by atoms with van der Waals surface area (Å²) in [4.78, 5) is 16.3. The molecule has 0 saturated carbocycles. The Balaban J connectivity index is 1.33. The average Bonchev–Trinajstić information content (AvgIpc) is 3.17. The molecule has 2 aliphatic heterocycles. The van der Waals surface area contributed by atoms with Crippen LogP contribution in [0.3, 0.4) is 0 Å². The van der Waals surface area contributed by atoms with Crippen LogP contribution in [-0.2, 0) is 30.5 Å². The Bertz CT molecular complexity index is 1850. The number of aryl methyl sites for hydroxylation is 4. The fourth-order valence-corrected chi connectivity index (χ4v) is 7.33. The maximum atomic E-state index is 11.4. The number of carboxylic acids is 1. The molecule has 51 heavy (non-hydrogen) atoms. The van der Waals surface area contributed by atoms with Crippen molar-refractivity contribution in [3.05, 3.63) is 148 Å². The molecule has 4 aromatic rings. The first-order valence-electron chi connectivity index (χ1n) is 18.7. The van der Waals surface area contributed by atoms with Crippen molar-refractivity contribution in [2.75, 3.05) is 22.9 Å². The molecule has 0 unspecified atom stereocenters. The average molecular weight is 676 g/mol. The first-order chi connectivity index (χ1) is 25.0. The van der Waals surface area contributed by atoms with Gasteiger partial charge >= 0.3 is 5.97 Å². The first-order valence-corrected chi connectivity index (χ1v) is 18.7. The lowest BCUT2D eigenvalue weighted by Crippen LogP contribution is -2.24. The molecule has 260 valence electrons. The van der Waals surface area contributed by atoms with Crippen molar-refractivity contribution in [3.63, 3.8) is 0 Å². The molecule has 5 heteroatoms. The summed E-state index contributed by atoms with van der Waals surface area (Å²) in [6, 6.07) is 33.5. The number of carbonyl (C=O) groups is 1. The highest BCUT2D eigenvalue weighted by Crippen LogP contribution is 2.39. The number of hydrogen-bond acceptors (Lipinski definition) is 4. The van der Waals surface area contributed by atoms with Gasteiger partial charge in [-0.1, -0.05) is 81.3 Å². The number of anilines is 4. The zero-order valence-corrected chi connectivity index (χ0v) is 30.1. The Labute approximate surface area is 303 Å². The van der Waals surface area contributed by atoms with E-state index in [1.807, 2.05) is 12.2 Å². The molecule has 0 bridgehead atoms. The Morgan fingerprint density at radius 1 is 0.706 bits per heavy atom. The van der Waals surface area contributed by atoms with Crippen LogP contribution in [0.25, 0.3) is 5.57 Å². The minimum atomic E-state index is -1.23. The van der Waals surface area contributed by atoms with Gasteiger partial charge in [0.25, 0.3) is 0 Å². The van der Waals surface area contributed by atoms with Crippen LogP contribution in [0.4, 0.5) is 22.7 Å². The van der Waals surface area contributed by atoms with E-state index in [0.717, 1.165) is 68.3 Å². The van der Waals surface area contributed by atoms with E-state index in [1.165, 1.54) is 76.8 Å². The standard InChI is InChI=1S/C46H49N3O2/c1-3-5-11-34-17-23-41(24-18-34)48-29-9-14-38-31-36(21-27-44(38)48)43(16-8-7-13-40(33-47)46(50)51)37-22-28-45-39(32-37)15-10-30-49(45)42-25-19-35(20-26-42)12-6-4-2/h7-8,13,16-28,31-32H,3-6,9-12,14-15,29-30H2,1-2H3,(H,50,51)/b8-7+,40-13+. The maximum absolute atomic E-state index is 11.4. The summed E-state index contributed by atoms with van der Waals surface area (Å²) in [7, 11) is 0. The van der Waals surface area contributed by atoms with Crippen LogP contribution in [-0.4, -0.2) is 24.2 Å². The van der Waals surface area contributed by atoms with Crippen LogP contribution in [0.2, 0.25) is 0 Å². The third-order valence-electron chi connectivity index (χ3n) is 10.1. The lowest BCUT2D eigenvalue weighted by Gasteiger charge is -2.33.